The molecule has 1 unspecified atom stereocenters. The molecule has 2 aromatic rings. The second-order valence-electron chi connectivity index (χ2n) is 4.56. The van der Waals surface area contributed by atoms with Crippen molar-refractivity contribution in [3.05, 3.63) is 70.5 Å². The average molecular weight is 243 g/mol. The van der Waals surface area contributed by atoms with Crippen molar-refractivity contribution >= 4 is 0 Å². The van der Waals surface area contributed by atoms with Crippen LogP contribution in [0.4, 0.5) is 4.39 Å². The fourth-order valence-electron chi connectivity index (χ4n) is 2.23. The minimum atomic E-state index is -0.402. The molecule has 1 atom stereocenters. The normalized spacial score (nSPS) is 12.4. The van der Waals surface area contributed by atoms with E-state index < -0.39 is 6.04 Å². The summed E-state index contributed by atoms with van der Waals surface area (Å²) in [6, 6.07) is 12.6. The molecule has 0 aliphatic heterocycles. The summed E-state index contributed by atoms with van der Waals surface area (Å²) in [4.78, 5) is 0. The summed E-state index contributed by atoms with van der Waals surface area (Å²) in [6.07, 6.45) is 0.900. The monoisotopic (exact) mass is 243 g/mol. The van der Waals surface area contributed by atoms with Gasteiger partial charge in [0.1, 0.15) is 5.82 Å². The maximum Gasteiger partial charge on any atom is 0.128 e. The molecule has 0 aliphatic carbocycles. The van der Waals surface area contributed by atoms with Crippen LogP contribution in [0.3, 0.4) is 0 Å². The van der Waals surface area contributed by atoms with Gasteiger partial charge in [-0.1, -0.05) is 48.9 Å². The van der Waals surface area contributed by atoms with Gasteiger partial charge in [-0.3, -0.25) is 0 Å². The molecule has 2 aromatic carbocycles. The molecule has 0 aliphatic rings. The second-order valence-corrected chi connectivity index (χ2v) is 4.56. The lowest BCUT2D eigenvalue weighted by Gasteiger charge is -2.17. The van der Waals surface area contributed by atoms with Gasteiger partial charge >= 0.3 is 0 Å². The van der Waals surface area contributed by atoms with Crippen molar-refractivity contribution in [2.75, 3.05) is 0 Å². The van der Waals surface area contributed by atoms with E-state index in [1.54, 1.807) is 6.07 Å². The van der Waals surface area contributed by atoms with Gasteiger partial charge in [0.05, 0.1) is 6.04 Å². The van der Waals surface area contributed by atoms with Crippen molar-refractivity contribution in [1.82, 2.24) is 0 Å². The third-order valence-corrected chi connectivity index (χ3v) is 3.26. The summed E-state index contributed by atoms with van der Waals surface area (Å²) < 4.78 is 13.9. The summed E-state index contributed by atoms with van der Waals surface area (Å²) in [5, 5.41) is 0. The van der Waals surface area contributed by atoms with Gasteiger partial charge in [0.2, 0.25) is 0 Å². The molecular weight excluding hydrogens is 225 g/mol. The van der Waals surface area contributed by atoms with Crippen LogP contribution in [0, 0.1) is 12.7 Å². The first-order chi connectivity index (χ1) is 8.63. The molecule has 1 nitrogen and oxygen atoms in total. The van der Waals surface area contributed by atoms with Crippen molar-refractivity contribution in [2.24, 2.45) is 5.73 Å². The van der Waals surface area contributed by atoms with Crippen molar-refractivity contribution in [1.29, 1.82) is 0 Å². The van der Waals surface area contributed by atoms with Gasteiger partial charge in [-0.05, 0) is 30.5 Å². The van der Waals surface area contributed by atoms with E-state index in [1.165, 1.54) is 11.6 Å². The van der Waals surface area contributed by atoms with Gasteiger partial charge in [-0.25, -0.2) is 4.39 Å². The summed E-state index contributed by atoms with van der Waals surface area (Å²) in [7, 11) is 0. The molecule has 0 spiro atoms. The van der Waals surface area contributed by atoms with Gasteiger partial charge in [-0.2, -0.15) is 0 Å². The number of nitrogens with two attached hydrogens (primary N) is 1. The molecule has 18 heavy (non-hydrogen) atoms. The quantitative estimate of drug-likeness (QED) is 0.873. The molecule has 2 rings (SSSR count). The first-order valence-electron chi connectivity index (χ1n) is 6.23. The van der Waals surface area contributed by atoms with Gasteiger partial charge in [0, 0.05) is 5.56 Å². The Kier molecular flexibility index (Phi) is 3.78. The molecule has 94 valence electrons. The Morgan fingerprint density at radius 1 is 1.11 bits per heavy atom. The largest absolute Gasteiger partial charge is 0.320 e. The smallest absolute Gasteiger partial charge is 0.128 e. The minimum absolute atomic E-state index is 0.237. The van der Waals surface area contributed by atoms with E-state index in [-0.39, 0.29) is 5.82 Å². The van der Waals surface area contributed by atoms with Crippen LogP contribution in [0.1, 0.15) is 35.2 Å². The van der Waals surface area contributed by atoms with Crippen molar-refractivity contribution in [3.8, 4) is 0 Å². The van der Waals surface area contributed by atoms with Crippen molar-refractivity contribution < 1.29 is 4.39 Å². The predicted molar refractivity (Wildman–Crippen MR) is 73.0 cm³/mol. The molecule has 0 amide bonds. The molecule has 0 saturated carbocycles. The van der Waals surface area contributed by atoms with Gasteiger partial charge in [0.25, 0.3) is 0 Å². The fraction of sp³-hybridized carbons (Fsp3) is 0.250. The highest BCUT2D eigenvalue weighted by atomic mass is 19.1. The third kappa shape index (κ3) is 2.44. The lowest BCUT2D eigenvalue weighted by atomic mass is 9.93. The van der Waals surface area contributed by atoms with Crippen molar-refractivity contribution in [3.63, 3.8) is 0 Å². The van der Waals surface area contributed by atoms with Crippen LogP contribution in [0.2, 0.25) is 0 Å². The van der Waals surface area contributed by atoms with Crippen LogP contribution in [0.5, 0.6) is 0 Å². The molecule has 0 fully saturated rings. The Labute approximate surface area is 107 Å². The first-order valence-corrected chi connectivity index (χ1v) is 6.23. The number of benzene rings is 2. The summed E-state index contributed by atoms with van der Waals surface area (Å²) >= 11 is 0. The highest BCUT2D eigenvalue weighted by Crippen LogP contribution is 2.26. The van der Waals surface area contributed by atoms with Gasteiger partial charge < -0.3 is 5.73 Å². The van der Waals surface area contributed by atoms with Crippen LogP contribution in [-0.2, 0) is 6.42 Å². The molecule has 2 N–H and O–H groups in total. The number of halogens is 1. The minimum Gasteiger partial charge on any atom is -0.320 e. The van der Waals surface area contributed by atoms with E-state index in [9.17, 15) is 4.39 Å². The van der Waals surface area contributed by atoms with Crippen LogP contribution in [0.15, 0.2) is 42.5 Å². The Morgan fingerprint density at radius 2 is 1.83 bits per heavy atom. The highest BCUT2D eigenvalue weighted by Gasteiger charge is 2.15. The van der Waals surface area contributed by atoms with Crippen molar-refractivity contribution in [2.45, 2.75) is 26.3 Å². The van der Waals surface area contributed by atoms with E-state index in [0.717, 1.165) is 17.5 Å². The molecule has 0 aromatic heterocycles. The highest BCUT2D eigenvalue weighted by molar-refractivity contribution is 5.38. The topological polar surface area (TPSA) is 26.0 Å². The number of rotatable bonds is 3. The Morgan fingerprint density at radius 3 is 2.56 bits per heavy atom. The summed E-state index contributed by atoms with van der Waals surface area (Å²) in [5.74, 6) is -0.237. The molecule has 2 heteroatoms. The zero-order chi connectivity index (χ0) is 13.1. The number of aryl methyl sites for hydroxylation is 2. The Bertz CT molecular complexity index is 549. The van der Waals surface area contributed by atoms with Gasteiger partial charge in [-0.15, -0.1) is 0 Å². The molecule has 0 radical (unpaired) electrons. The predicted octanol–water partition coefficient (Wildman–Crippen LogP) is 3.74. The van der Waals surface area contributed by atoms with E-state index in [4.69, 9.17) is 5.73 Å². The zero-order valence-electron chi connectivity index (χ0n) is 10.8. The molecule has 0 saturated heterocycles. The standard InChI is InChI=1S/C16H18FN/c1-3-12-6-4-5-7-13(12)16(18)14-10-11(2)8-9-15(14)17/h4-10,16H,3,18H2,1-2H3. The second kappa shape index (κ2) is 5.32. The summed E-state index contributed by atoms with van der Waals surface area (Å²) in [6.45, 7) is 4.03. The lowest BCUT2D eigenvalue weighted by Crippen LogP contribution is -2.15. The van der Waals surface area contributed by atoms with Gasteiger partial charge in [0.15, 0.2) is 0 Å². The fourth-order valence-corrected chi connectivity index (χ4v) is 2.23. The number of hydrogen-bond donors (Lipinski definition) is 1. The zero-order valence-corrected chi connectivity index (χ0v) is 10.8. The van der Waals surface area contributed by atoms with E-state index in [0.29, 0.717) is 5.56 Å². The Hall–Kier alpha value is -1.67. The molecule has 0 heterocycles. The lowest BCUT2D eigenvalue weighted by molar-refractivity contribution is 0.598. The van der Waals surface area contributed by atoms with E-state index in [2.05, 4.69) is 6.92 Å². The average Bonchev–Trinajstić information content (AvgIpc) is 2.40. The van der Waals surface area contributed by atoms with Crippen LogP contribution >= 0.6 is 0 Å². The molecule has 0 bridgehead atoms. The number of hydrogen-bond acceptors (Lipinski definition) is 1. The first kappa shape index (κ1) is 12.8. The third-order valence-electron chi connectivity index (χ3n) is 3.26. The van der Waals surface area contributed by atoms with E-state index >= 15 is 0 Å². The Balaban J connectivity index is 2.47. The maximum atomic E-state index is 13.9. The van der Waals surface area contributed by atoms with Crippen LogP contribution in [0.25, 0.3) is 0 Å². The summed E-state index contributed by atoms with van der Waals surface area (Å²) in [5.41, 5.74) is 9.99. The molecular formula is C16H18FN. The van der Waals surface area contributed by atoms with Crippen LogP contribution < -0.4 is 5.73 Å². The van der Waals surface area contributed by atoms with E-state index in [1.807, 2.05) is 37.3 Å². The SMILES string of the molecule is CCc1ccccc1C(N)c1cc(C)ccc1F. The van der Waals surface area contributed by atoms with Crippen LogP contribution in [-0.4, -0.2) is 0 Å². The maximum absolute atomic E-state index is 13.9.